The standard InChI is InChI=1S/C12H17N3O2S/c1-7-4-3-5-13-10(7)11(17)15-12-14-9(6-18-12)8(2)16/h6-7,10,13H,3-5H2,1-2H3,(H,14,15,17). The molecule has 6 heteroatoms. The van der Waals surface area contributed by atoms with Crippen molar-refractivity contribution in [2.24, 2.45) is 5.92 Å². The third-order valence-electron chi connectivity index (χ3n) is 3.15. The Morgan fingerprint density at radius 3 is 2.94 bits per heavy atom. The molecule has 1 aliphatic rings. The van der Waals surface area contributed by atoms with Crippen LogP contribution in [0, 0.1) is 5.92 Å². The minimum atomic E-state index is -0.163. The van der Waals surface area contributed by atoms with Gasteiger partial charge in [-0.1, -0.05) is 6.92 Å². The molecular formula is C12H17N3O2S. The van der Waals surface area contributed by atoms with Crippen LogP contribution >= 0.6 is 11.3 Å². The second-order valence-electron chi connectivity index (χ2n) is 4.63. The van der Waals surface area contributed by atoms with E-state index in [2.05, 4.69) is 22.5 Å². The minimum Gasteiger partial charge on any atom is -0.306 e. The average molecular weight is 267 g/mol. The van der Waals surface area contributed by atoms with Crippen molar-refractivity contribution in [3.05, 3.63) is 11.1 Å². The first-order valence-electron chi connectivity index (χ1n) is 6.08. The highest BCUT2D eigenvalue weighted by molar-refractivity contribution is 7.14. The Morgan fingerprint density at radius 1 is 1.56 bits per heavy atom. The molecule has 0 aromatic carbocycles. The first kappa shape index (κ1) is 13.2. The molecule has 1 aromatic heterocycles. The van der Waals surface area contributed by atoms with Gasteiger partial charge < -0.3 is 10.6 Å². The summed E-state index contributed by atoms with van der Waals surface area (Å²) in [6, 6.07) is -0.163. The lowest BCUT2D eigenvalue weighted by Crippen LogP contribution is -2.48. The number of nitrogens with one attached hydrogen (secondary N) is 2. The molecule has 98 valence electrons. The number of ketones is 1. The number of anilines is 1. The van der Waals surface area contributed by atoms with E-state index >= 15 is 0 Å². The van der Waals surface area contributed by atoms with Crippen molar-refractivity contribution < 1.29 is 9.59 Å². The van der Waals surface area contributed by atoms with E-state index < -0.39 is 0 Å². The summed E-state index contributed by atoms with van der Waals surface area (Å²) in [7, 11) is 0. The third-order valence-corrected chi connectivity index (χ3v) is 3.90. The fourth-order valence-electron chi connectivity index (χ4n) is 2.08. The van der Waals surface area contributed by atoms with Gasteiger partial charge in [-0.15, -0.1) is 11.3 Å². The summed E-state index contributed by atoms with van der Waals surface area (Å²) in [5.74, 6) is 0.175. The van der Waals surface area contributed by atoms with Crippen LogP contribution in [0.4, 0.5) is 5.13 Å². The molecule has 0 saturated carbocycles. The zero-order valence-electron chi connectivity index (χ0n) is 10.5. The summed E-state index contributed by atoms with van der Waals surface area (Å²) in [6.45, 7) is 4.41. The number of carbonyl (C=O) groups is 2. The van der Waals surface area contributed by atoms with Gasteiger partial charge in [0.05, 0.1) is 6.04 Å². The molecule has 2 rings (SSSR count). The Hall–Kier alpha value is -1.27. The van der Waals surface area contributed by atoms with Crippen molar-refractivity contribution in [2.75, 3.05) is 11.9 Å². The fraction of sp³-hybridized carbons (Fsp3) is 0.583. The summed E-state index contributed by atoms with van der Waals surface area (Å²) in [4.78, 5) is 27.3. The van der Waals surface area contributed by atoms with Crippen LogP contribution in [0.15, 0.2) is 5.38 Å². The van der Waals surface area contributed by atoms with Gasteiger partial charge >= 0.3 is 0 Å². The van der Waals surface area contributed by atoms with Gasteiger partial charge in [-0.25, -0.2) is 4.98 Å². The molecule has 1 fully saturated rings. The Morgan fingerprint density at radius 2 is 2.33 bits per heavy atom. The van der Waals surface area contributed by atoms with Crippen molar-refractivity contribution in [2.45, 2.75) is 32.7 Å². The minimum absolute atomic E-state index is 0.0633. The molecule has 1 saturated heterocycles. The normalized spacial score (nSPS) is 23.7. The Kier molecular flexibility index (Phi) is 4.08. The molecule has 2 N–H and O–H groups in total. The van der Waals surface area contributed by atoms with E-state index in [1.165, 1.54) is 18.3 Å². The molecule has 2 heterocycles. The van der Waals surface area contributed by atoms with E-state index in [-0.39, 0.29) is 17.7 Å². The largest absolute Gasteiger partial charge is 0.306 e. The number of hydrogen-bond acceptors (Lipinski definition) is 5. The summed E-state index contributed by atoms with van der Waals surface area (Å²) >= 11 is 1.28. The number of aromatic nitrogens is 1. The van der Waals surface area contributed by atoms with E-state index in [1.807, 2.05) is 0 Å². The average Bonchev–Trinajstić information content (AvgIpc) is 2.78. The molecule has 1 aliphatic heterocycles. The highest BCUT2D eigenvalue weighted by atomic mass is 32.1. The number of rotatable bonds is 3. The molecule has 0 bridgehead atoms. The van der Waals surface area contributed by atoms with Crippen molar-refractivity contribution in [1.29, 1.82) is 0 Å². The molecule has 0 radical (unpaired) electrons. The molecule has 2 atom stereocenters. The van der Waals surface area contributed by atoms with Crippen molar-refractivity contribution in [3.8, 4) is 0 Å². The maximum Gasteiger partial charge on any atom is 0.243 e. The predicted molar refractivity (Wildman–Crippen MR) is 70.9 cm³/mol. The Balaban J connectivity index is 1.99. The van der Waals surface area contributed by atoms with Gasteiger partial charge in [0.25, 0.3) is 0 Å². The van der Waals surface area contributed by atoms with Gasteiger partial charge in [0, 0.05) is 12.3 Å². The van der Waals surface area contributed by atoms with Crippen LogP contribution in [0.2, 0.25) is 0 Å². The third kappa shape index (κ3) is 2.94. The number of Topliss-reactive ketones (excluding diaryl/α,β-unsaturated/α-hetero) is 1. The molecule has 0 aliphatic carbocycles. The fourth-order valence-corrected chi connectivity index (χ4v) is 2.83. The van der Waals surface area contributed by atoms with E-state index in [0.29, 0.717) is 16.7 Å². The molecule has 0 spiro atoms. The van der Waals surface area contributed by atoms with Crippen LogP contribution < -0.4 is 10.6 Å². The number of amides is 1. The molecular weight excluding hydrogens is 250 g/mol. The van der Waals surface area contributed by atoms with Gasteiger partial charge in [-0.3, -0.25) is 9.59 Å². The molecule has 1 aromatic rings. The molecule has 18 heavy (non-hydrogen) atoms. The van der Waals surface area contributed by atoms with Crippen LogP contribution in [0.5, 0.6) is 0 Å². The number of hydrogen-bond donors (Lipinski definition) is 2. The molecule has 1 amide bonds. The highest BCUT2D eigenvalue weighted by Crippen LogP contribution is 2.19. The number of carbonyl (C=O) groups excluding carboxylic acids is 2. The van der Waals surface area contributed by atoms with E-state index in [1.54, 1.807) is 5.38 Å². The van der Waals surface area contributed by atoms with Crippen LogP contribution in [-0.2, 0) is 4.79 Å². The second-order valence-corrected chi connectivity index (χ2v) is 5.49. The van der Waals surface area contributed by atoms with Crippen molar-refractivity contribution in [3.63, 3.8) is 0 Å². The number of nitrogens with zero attached hydrogens (tertiary/aromatic N) is 1. The molecule has 2 unspecified atom stereocenters. The second kappa shape index (κ2) is 5.58. The number of piperidine rings is 1. The van der Waals surface area contributed by atoms with Gasteiger partial charge in [0.15, 0.2) is 10.9 Å². The maximum absolute atomic E-state index is 12.1. The lowest BCUT2D eigenvalue weighted by molar-refractivity contribution is -0.119. The topological polar surface area (TPSA) is 71.1 Å². The van der Waals surface area contributed by atoms with Crippen molar-refractivity contribution in [1.82, 2.24) is 10.3 Å². The van der Waals surface area contributed by atoms with Crippen LogP contribution in [0.25, 0.3) is 0 Å². The Labute approximate surface area is 110 Å². The lowest BCUT2D eigenvalue weighted by Gasteiger charge is -2.28. The van der Waals surface area contributed by atoms with E-state index in [9.17, 15) is 9.59 Å². The number of thiazole rings is 1. The zero-order valence-corrected chi connectivity index (χ0v) is 11.3. The maximum atomic E-state index is 12.1. The summed E-state index contributed by atoms with van der Waals surface area (Å²) in [6.07, 6.45) is 2.17. The van der Waals surface area contributed by atoms with Crippen molar-refractivity contribution >= 4 is 28.2 Å². The highest BCUT2D eigenvalue weighted by Gasteiger charge is 2.27. The van der Waals surface area contributed by atoms with E-state index in [4.69, 9.17) is 0 Å². The Bertz CT molecular complexity index is 458. The van der Waals surface area contributed by atoms with Gasteiger partial charge in [-0.05, 0) is 25.3 Å². The quantitative estimate of drug-likeness (QED) is 0.817. The van der Waals surface area contributed by atoms with Crippen LogP contribution in [0.1, 0.15) is 37.2 Å². The van der Waals surface area contributed by atoms with Crippen LogP contribution in [0.3, 0.4) is 0 Å². The summed E-state index contributed by atoms with van der Waals surface area (Å²) in [5, 5.41) is 8.14. The summed E-state index contributed by atoms with van der Waals surface area (Å²) < 4.78 is 0. The first-order chi connectivity index (χ1) is 8.58. The van der Waals surface area contributed by atoms with Crippen LogP contribution in [-0.4, -0.2) is 29.3 Å². The van der Waals surface area contributed by atoms with Gasteiger partial charge in [-0.2, -0.15) is 0 Å². The zero-order chi connectivity index (χ0) is 13.1. The lowest BCUT2D eigenvalue weighted by atomic mass is 9.92. The monoisotopic (exact) mass is 267 g/mol. The SMILES string of the molecule is CC(=O)c1csc(NC(=O)C2NCCCC2C)n1. The smallest absolute Gasteiger partial charge is 0.243 e. The summed E-state index contributed by atoms with van der Waals surface area (Å²) in [5.41, 5.74) is 0.403. The van der Waals surface area contributed by atoms with E-state index in [0.717, 1.165) is 19.4 Å². The predicted octanol–water partition coefficient (Wildman–Crippen LogP) is 1.67. The molecule has 5 nitrogen and oxygen atoms in total. The van der Waals surface area contributed by atoms with Gasteiger partial charge in [0.2, 0.25) is 5.91 Å². The first-order valence-corrected chi connectivity index (χ1v) is 6.96. The van der Waals surface area contributed by atoms with Gasteiger partial charge in [0.1, 0.15) is 5.69 Å².